The molecule has 0 unspecified atom stereocenters. The molecule has 0 N–H and O–H groups in total. The summed E-state index contributed by atoms with van der Waals surface area (Å²) < 4.78 is 7.30. The number of hydrogen-bond acceptors (Lipinski definition) is 4. The van der Waals surface area contributed by atoms with Crippen LogP contribution in [0.3, 0.4) is 0 Å². The molecule has 0 saturated carbocycles. The first-order chi connectivity index (χ1) is 9.61. The van der Waals surface area contributed by atoms with Gasteiger partial charge in [-0.3, -0.25) is 0 Å². The van der Waals surface area contributed by atoms with Crippen molar-refractivity contribution in [3.63, 3.8) is 0 Å². The maximum atomic E-state index is 5.86. The van der Waals surface area contributed by atoms with Gasteiger partial charge >= 0.3 is 0 Å². The smallest absolute Gasteiger partial charge is 0.226 e. The Bertz CT molecular complexity index is 730. The first-order valence-corrected chi connectivity index (χ1v) is 6.58. The van der Waals surface area contributed by atoms with Gasteiger partial charge in [-0.25, -0.2) is 14.6 Å². The molecular weight excluding hydrogens is 276 g/mol. The summed E-state index contributed by atoms with van der Waals surface area (Å²) >= 11 is 5.86. The van der Waals surface area contributed by atoms with Crippen LogP contribution in [0.4, 0.5) is 0 Å². The van der Waals surface area contributed by atoms with Gasteiger partial charge in [-0.1, -0.05) is 11.6 Å². The Hall–Kier alpha value is -2.14. The molecule has 0 fully saturated rings. The summed E-state index contributed by atoms with van der Waals surface area (Å²) in [4.78, 5) is 8.72. The molecule has 2 aromatic heterocycles. The molecule has 0 aliphatic rings. The van der Waals surface area contributed by atoms with Crippen LogP contribution in [0, 0.1) is 13.8 Å². The maximum absolute atomic E-state index is 5.86. The number of halogens is 1. The third kappa shape index (κ3) is 2.58. The summed E-state index contributed by atoms with van der Waals surface area (Å²) in [5, 5.41) is 4.99. The second-order valence-corrected chi connectivity index (χ2v) is 4.95. The van der Waals surface area contributed by atoms with E-state index in [4.69, 9.17) is 16.0 Å². The van der Waals surface area contributed by atoms with Gasteiger partial charge in [0.1, 0.15) is 23.6 Å². The number of hydrogen-bond donors (Lipinski definition) is 0. The highest BCUT2D eigenvalue weighted by molar-refractivity contribution is 6.30. The lowest BCUT2D eigenvalue weighted by atomic mass is 10.2. The fourth-order valence-corrected chi connectivity index (χ4v) is 2.10. The molecule has 5 nitrogen and oxygen atoms in total. The molecule has 0 saturated heterocycles. The van der Waals surface area contributed by atoms with Crippen molar-refractivity contribution in [2.75, 3.05) is 0 Å². The highest BCUT2D eigenvalue weighted by atomic mass is 35.5. The average molecular weight is 289 g/mol. The quantitative estimate of drug-likeness (QED) is 0.742. The van der Waals surface area contributed by atoms with Gasteiger partial charge in [-0.15, -0.1) is 0 Å². The molecule has 6 heteroatoms. The van der Waals surface area contributed by atoms with E-state index in [-0.39, 0.29) is 0 Å². The van der Waals surface area contributed by atoms with Gasteiger partial charge in [0.05, 0.1) is 6.54 Å². The summed E-state index contributed by atoms with van der Waals surface area (Å²) in [7, 11) is 0. The molecule has 0 aliphatic heterocycles. The summed E-state index contributed by atoms with van der Waals surface area (Å²) in [6.45, 7) is 4.33. The van der Waals surface area contributed by atoms with Gasteiger partial charge in [0.25, 0.3) is 0 Å². The van der Waals surface area contributed by atoms with Crippen LogP contribution in [0.2, 0.25) is 5.02 Å². The molecule has 0 bridgehead atoms. The minimum atomic E-state index is 0.545. The summed E-state index contributed by atoms with van der Waals surface area (Å²) in [5.74, 6) is 2.19. The third-order valence-corrected chi connectivity index (χ3v) is 3.17. The molecule has 1 aromatic carbocycles. The summed E-state index contributed by atoms with van der Waals surface area (Å²) in [5.41, 5.74) is 1.70. The number of aromatic nitrogens is 4. The van der Waals surface area contributed by atoms with Crippen molar-refractivity contribution >= 4 is 11.6 Å². The molecular formula is C14H13ClN4O. The van der Waals surface area contributed by atoms with Crippen molar-refractivity contribution in [2.45, 2.75) is 20.4 Å². The molecule has 0 amide bonds. The molecule has 0 aliphatic carbocycles. The Kier molecular flexibility index (Phi) is 3.28. The van der Waals surface area contributed by atoms with Gasteiger partial charge in [0.2, 0.25) is 5.89 Å². The van der Waals surface area contributed by atoms with Gasteiger partial charge < -0.3 is 4.42 Å². The SMILES string of the molecule is Cc1nc(C)n(Cc2coc(-c3ccc(Cl)cc3)n2)n1. The fraction of sp³-hybridized carbons (Fsp3) is 0.214. The van der Waals surface area contributed by atoms with E-state index < -0.39 is 0 Å². The zero-order chi connectivity index (χ0) is 14.1. The number of oxazole rings is 1. The highest BCUT2D eigenvalue weighted by Crippen LogP contribution is 2.21. The normalized spacial score (nSPS) is 10.9. The fourth-order valence-electron chi connectivity index (χ4n) is 1.97. The Morgan fingerprint density at radius 1 is 1.15 bits per heavy atom. The van der Waals surface area contributed by atoms with E-state index >= 15 is 0 Å². The predicted octanol–water partition coefficient (Wildman–Crippen LogP) is 3.25. The minimum absolute atomic E-state index is 0.545. The Labute approximate surface area is 121 Å². The van der Waals surface area contributed by atoms with E-state index in [0.717, 1.165) is 22.9 Å². The minimum Gasteiger partial charge on any atom is -0.444 e. The van der Waals surface area contributed by atoms with E-state index in [1.54, 1.807) is 10.9 Å². The summed E-state index contributed by atoms with van der Waals surface area (Å²) in [6.07, 6.45) is 1.64. The first-order valence-electron chi connectivity index (χ1n) is 6.20. The largest absolute Gasteiger partial charge is 0.444 e. The molecule has 0 atom stereocenters. The Balaban J connectivity index is 1.83. The van der Waals surface area contributed by atoms with Crippen molar-refractivity contribution < 1.29 is 4.42 Å². The van der Waals surface area contributed by atoms with Gasteiger partial charge in [0, 0.05) is 10.6 Å². The van der Waals surface area contributed by atoms with Crippen LogP contribution in [-0.2, 0) is 6.54 Å². The number of benzene rings is 1. The second kappa shape index (κ2) is 5.09. The van der Waals surface area contributed by atoms with Crippen LogP contribution in [0.5, 0.6) is 0 Å². The lowest BCUT2D eigenvalue weighted by Gasteiger charge is -1.98. The second-order valence-electron chi connectivity index (χ2n) is 4.51. The first kappa shape index (κ1) is 12.9. The zero-order valence-corrected chi connectivity index (χ0v) is 11.9. The predicted molar refractivity (Wildman–Crippen MR) is 75.5 cm³/mol. The molecule has 2 heterocycles. The van der Waals surface area contributed by atoms with Gasteiger partial charge in [-0.05, 0) is 38.1 Å². The van der Waals surface area contributed by atoms with Crippen LogP contribution in [-0.4, -0.2) is 19.7 Å². The molecule has 102 valence electrons. The molecule has 0 spiro atoms. The summed E-state index contributed by atoms with van der Waals surface area (Å²) in [6, 6.07) is 7.38. The highest BCUT2D eigenvalue weighted by Gasteiger charge is 2.09. The van der Waals surface area contributed by atoms with Crippen molar-refractivity contribution in [3.8, 4) is 11.5 Å². The Morgan fingerprint density at radius 3 is 2.55 bits per heavy atom. The van der Waals surface area contributed by atoms with E-state index in [9.17, 15) is 0 Å². The maximum Gasteiger partial charge on any atom is 0.226 e. The number of rotatable bonds is 3. The monoisotopic (exact) mass is 288 g/mol. The molecule has 3 aromatic rings. The zero-order valence-electron chi connectivity index (χ0n) is 11.2. The molecule has 3 rings (SSSR count). The van der Waals surface area contributed by atoms with Crippen molar-refractivity contribution in [3.05, 3.63) is 52.9 Å². The lowest BCUT2D eigenvalue weighted by Crippen LogP contribution is -2.04. The van der Waals surface area contributed by atoms with Crippen LogP contribution in [0.1, 0.15) is 17.3 Å². The molecule has 20 heavy (non-hydrogen) atoms. The third-order valence-electron chi connectivity index (χ3n) is 2.92. The molecule has 0 radical (unpaired) electrons. The van der Waals surface area contributed by atoms with Crippen molar-refractivity contribution in [1.29, 1.82) is 0 Å². The average Bonchev–Trinajstić information content (AvgIpc) is 2.98. The lowest BCUT2D eigenvalue weighted by molar-refractivity contribution is 0.568. The number of aryl methyl sites for hydroxylation is 2. The van der Waals surface area contributed by atoms with Crippen LogP contribution in [0.25, 0.3) is 11.5 Å². The Morgan fingerprint density at radius 2 is 1.90 bits per heavy atom. The van der Waals surface area contributed by atoms with Gasteiger partial charge in [-0.2, -0.15) is 5.10 Å². The van der Waals surface area contributed by atoms with E-state index in [2.05, 4.69) is 15.1 Å². The van der Waals surface area contributed by atoms with Crippen LogP contribution in [0.15, 0.2) is 34.9 Å². The standard InChI is InChI=1S/C14H13ClN4O/c1-9-16-10(2)19(18-9)7-13-8-20-14(17-13)11-3-5-12(15)6-4-11/h3-6,8H,7H2,1-2H3. The van der Waals surface area contributed by atoms with Crippen LogP contribution >= 0.6 is 11.6 Å². The van der Waals surface area contributed by atoms with Crippen molar-refractivity contribution in [2.24, 2.45) is 0 Å². The van der Waals surface area contributed by atoms with Crippen molar-refractivity contribution in [1.82, 2.24) is 19.7 Å². The van der Waals surface area contributed by atoms with Gasteiger partial charge in [0.15, 0.2) is 0 Å². The topological polar surface area (TPSA) is 56.7 Å². The number of nitrogens with zero attached hydrogens (tertiary/aromatic N) is 4. The van der Waals surface area contributed by atoms with E-state index in [1.165, 1.54) is 0 Å². The van der Waals surface area contributed by atoms with E-state index in [1.807, 2.05) is 38.1 Å². The van der Waals surface area contributed by atoms with Crippen LogP contribution < -0.4 is 0 Å². The van der Waals surface area contributed by atoms with E-state index in [0.29, 0.717) is 17.5 Å².